The van der Waals surface area contributed by atoms with Crippen molar-refractivity contribution >= 4 is 11.8 Å². The molecular formula is C20H17FN6S. The molecule has 140 valence electrons. The molecule has 8 heteroatoms. The van der Waals surface area contributed by atoms with Gasteiger partial charge in [0.05, 0.1) is 5.69 Å². The maximum Gasteiger partial charge on any atom is 0.202 e. The second kappa shape index (κ2) is 7.85. The van der Waals surface area contributed by atoms with Crippen LogP contribution in [0.15, 0.2) is 65.2 Å². The molecule has 0 aliphatic carbocycles. The number of nitrogens with zero attached hydrogens (tertiary/aromatic N) is 6. The molecule has 0 saturated carbocycles. The Kier molecular flexibility index (Phi) is 5.12. The number of hydrogen-bond acceptors (Lipinski definition) is 6. The number of rotatable bonds is 5. The van der Waals surface area contributed by atoms with Crippen LogP contribution >= 0.6 is 11.8 Å². The zero-order valence-electron chi connectivity index (χ0n) is 15.4. The van der Waals surface area contributed by atoms with Gasteiger partial charge in [0.15, 0.2) is 11.6 Å². The van der Waals surface area contributed by atoms with Gasteiger partial charge < -0.3 is 0 Å². The first-order valence-electron chi connectivity index (χ1n) is 8.78. The summed E-state index contributed by atoms with van der Waals surface area (Å²) in [6, 6.07) is 13.6. The molecule has 0 amide bonds. The van der Waals surface area contributed by atoms with Crippen LogP contribution in [0.1, 0.15) is 18.2 Å². The van der Waals surface area contributed by atoms with Crippen LogP contribution in [-0.4, -0.2) is 29.7 Å². The van der Waals surface area contributed by atoms with Gasteiger partial charge in [0.2, 0.25) is 5.16 Å². The standard InChI is InChI=1S/C20H17FN6S/c1-3-15-17(21)19(24-12-23-15)28-20-26-25-18(16-6-4-5-11-22-16)27(20)14-9-7-13(2)8-10-14/h4-12H,3H2,1-2H3. The molecule has 0 N–H and O–H groups in total. The van der Waals surface area contributed by atoms with Gasteiger partial charge in [0, 0.05) is 11.9 Å². The second-order valence-electron chi connectivity index (χ2n) is 6.09. The normalized spacial score (nSPS) is 11.0. The van der Waals surface area contributed by atoms with Crippen LogP contribution < -0.4 is 0 Å². The molecule has 1 aromatic carbocycles. The molecule has 0 aliphatic heterocycles. The Bertz CT molecular complexity index is 1100. The Morgan fingerprint density at radius 2 is 1.82 bits per heavy atom. The van der Waals surface area contributed by atoms with Gasteiger partial charge in [-0.3, -0.25) is 9.55 Å². The van der Waals surface area contributed by atoms with E-state index in [1.807, 2.05) is 60.9 Å². The fraction of sp³-hybridized carbons (Fsp3) is 0.150. The smallest absolute Gasteiger partial charge is 0.202 e. The van der Waals surface area contributed by atoms with E-state index in [1.54, 1.807) is 6.20 Å². The zero-order chi connectivity index (χ0) is 19.5. The van der Waals surface area contributed by atoms with Gasteiger partial charge in [-0.05, 0) is 49.4 Å². The third-order valence-corrected chi connectivity index (χ3v) is 5.10. The third-order valence-electron chi connectivity index (χ3n) is 4.17. The van der Waals surface area contributed by atoms with E-state index < -0.39 is 5.82 Å². The van der Waals surface area contributed by atoms with Crippen LogP contribution in [0.25, 0.3) is 17.2 Å². The van der Waals surface area contributed by atoms with Crippen molar-refractivity contribution in [3.8, 4) is 17.2 Å². The quantitative estimate of drug-likeness (QED) is 0.472. The number of benzene rings is 1. The van der Waals surface area contributed by atoms with Gasteiger partial charge >= 0.3 is 0 Å². The van der Waals surface area contributed by atoms with Crippen LogP contribution in [0.3, 0.4) is 0 Å². The molecule has 0 unspecified atom stereocenters. The Balaban J connectivity index is 1.84. The van der Waals surface area contributed by atoms with E-state index in [0.29, 0.717) is 28.8 Å². The Morgan fingerprint density at radius 1 is 1.00 bits per heavy atom. The Labute approximate surface area is 165 Å². The SMILES string of the molecule is CCc1ncnc(Sc2nnc(-c3ccccn3)n2-c2ccc(C)cc2)c1F. The van der Waals surface area contributed by atoms with Crippen molar-refractivity contribution < 1.29 is 4.39 Å². The highest BCUT2D eigenvalue weighted by Gasteiger charge is 2.20. The molecule has 0 saturated heterocycles. The molecule has 0 aliphatic rings. The van der Waals surface area contributed by atoms with E-state index in [4.69, 9.17) is 0 Å². The summed E-state index contributed by atoms with van der Waals surface area (Å²) in [6.45, 7) is 3.88. The second-order valence-corrected chi connectivity index (χ2v) is 7.04. The minimum atomic E-state index is -0.423. The van der Waals surface area contributed by atoms with Crippen molar-refractivity contribution in [1.29, 1.82) is 0 Å². The molecule has 0 bridgehead atoms. The fourth-order valence-electron chi connectivity index (χ4n) is 2.72. The summed E-state index contributed by atoms with van der Waals surface area (Å²) >= 11 is 1.12. The molecule has 3 heterocycles. The van der Waals surface area contributed by atoms with Gasteiger partial charge in [-0.25, -0.2) is 14.4 Å². The molecule has 0 fully saturated rings. The Morgan fingerprint density at radius 3 is 2.54 bits per heavy atom. The summed E-state index contributed by atoms with van der Waals surface area (Å²) in [7, 11) is 0. The van der Waals surface area contributed by atoms with E-state index in [-0.39, 0.29) is 5.03 Å². The first kappa shape index (κ1) is 18.2. The summed E-state index contributed by atoms with van der Waals surface area (Å²) in [6.07, 6.45) is 3.57. The van der Waals surface area contributed by atoms with Crippen molar-refractivity contribution in [3.63, 3.8) is 0 Å². The fourth-order valence-corrected chi connectivity index (χ4v) is 3.56. The van der Waals surface area contributed by atoms with E-state index in [1.165, 1.54) is 6.33 Å². The molecule has 0 spiro atoms. The molecular weight excluding hydrogens is 375 g/mol. The van der Waals surface area contributed by atoms with Crippen molar-refractivity contribution in [1.82, 2.24) is 29.7 Å². The van der Waals surface area contributed by atoms with Crippen LogP contribution in [0, 0.1) is 12.7 Å². The maximum absolute atomic E-state index is 14.7. The molecule has 28 heavy (non-hydrogen) atoms. The number of halogens is 1. The highest BCUT2D eigenvalue weighted by atomic mass is 32.2. The first-order valence-corrected chi connectivity index (χ1v) is 9.60. The lowest BCUT2D eigenvalue weighted by atomic mass is 10.2. The van der Waals surface area contributed by atoms with Crippen LogP contribution in [0.5, 0.6) is 0 Å². The van der Waals surface area contributed by atoms with Crippen LogP contribution in [-0.2, 0) is 6.42 Å². The lowest BCUT2D eigenvalue weighted by molar-refractivity contribution is 0.559. The summed E-state index contributed by atoms with van der Waals surface area (Å²) < 4.78 is 16.5. The average molecular weight is 392 g/mol. The molecule has 4 aromatic rings. The lowest BCUT2D eigenvalue weighted by Crippen LogP contribution is -2.02. The third kappa shape index (κ3) is 3.50. The maximum atomic E-state index is 14.7. The van der Waals surface area contributed by atoms with Crippen molar-refractivity contribution in [2.45, 2.75) is 30.5 Å². The highest BCUT2D eigenvalue weighted by Crippen LogP contribution is 2.32. The molecule has 4 rings (SSSR count). The minimum absolute atomic E-state index is 0.222. The van der Waals surface area contributed by atoms with E-state index in [0.717, 1.165) is 23.0 Å². The van der Waals surface area contributed by atoms with E-state index in [2.05, 4.69) is 25.1 Å². The first-order chi connectivity index (χ1) is 13.7. The predicted octanol–water partition coefficient (Wildman–Crippen LogP) is 4.28. The van der Waals surface area contributed by atoms with Crippen LogP contribution in [0.4, 0.5) is 4.39 Å². The molecule has 3 aromatic heterocycles. The lowest BCUT2D eigenvalue weighted by Gasteiger charge is -2.10. The molecule has 0 atom stereocenters. The van der Waals surface area contributed by atoms with Crippen molar-refractivity contribution in [2.75, 3.05) is 0 Å². The van der Waals surface area contributed by atoms with Gasteiger partial charge in [0.25, 0.3) is 0 Å². The number of aromatic nitrogens is 6. The average Bonchev–Trinajstić information content (AvgIpc) is 3.14. The van der Waals surface area contributed by atoms with Crippen LogP contribution in [0.2, 0.25) is 0 Å². The van der Waals surface area contributed by atoms with Gasteiger partial charge in [-0.2, -0.15) is 0 Å². The van der Waals surface area contributed by atoms with Crippen molar-refractivity contribution in [3.05, 3.63) is 72.1 Å². The summed E-state index contributed by atoms with van der Waals surface area (Å²) in [5, 5.41) is 9.34. The molecule has 6 nitrogen and oxygen atoms in total. The molecule has 0 radical (unpaired) electrons. The van der Waals surface area contributed by atoms with Gasteiger partial charge in [-0.15, -0.1) is 10.2 Å². The van der Waals surface area contributed by atoms with Gasteiger partial charge in [-0.1, -0.05) is 30.7 Å². The largest absolute Gasteiger partial charge is 0.268 e. The summed E-state index contributed by atoms with van der Waals surface area (Å²) in [5.74, 6) is 0.157. The number of aryl methyl sites for hydroxylation is 2. The highest BCUT2D eigenvalue weighted by molar-refractivity contribution is 7.99. The van der Waals surface area contributed by atoms with E-state index in [9.17, 15) is 4.39 Å². The zero-order valence-corrected chi connectivity index (χ0v) is 16.2. The monoisotopic (exact) mass is 392 g/mol. The summed E-state index contributed by atoms with van der Waals surface area (Å²) in [5.41, 5.74) is 3.06. The van der Waals surface area contributed by atoms with E-state index >= 15 is 0 Å². The summed E-state index contributed by atoms with van der Waals surface area (Å²) in [4.78, 5) is 12.5. The number of pyridine rings is 1. The predicted molar refractivity (Wildman–Crippen MR) is 105 cm³/mol. The topological polar surface area (TPSA) is 69.4 Å². The Hall–Kier alpha value is -3.13. The van der Waals surface area contributed by atoms with Crippen molar-refractivity contribution in [2.24, 2.45) is 0 Å². The minimum Gasteiger partial charge on any atom is -0.268 e. The van der Waals surface area contributed by atoms with Gasteiger partial charge in [0.1, 0.15) is 17.0 Å². The number of hydrogen-bond donors (Lipinski definition) is 0.